The molecule has 0 aromatic rings. The molecule has 3 heteroatoms. The van der Waals surface area contributed by atoms with Crippen LogP contribution < -0.4 is 0 Å². The number of aliphatic hydroxyl groups is 1. The van der Waals surface area contributed by atoms with E-state index >= 15 is 0 Å². The lowest BCUT2D eigenvalue weighted by Gasteiger charge is -2.58. The van der Waals surface area contributed by atoms with Gasteiger partial charge < -0.3 is 10.2 Å². The van der Waals surface area contributed by atoms with Crippen molar-refractivity contribution in [2.75, 3.05) is 0 Å². The minimum absolute atomic E-state index is 0.124. The second kappa shape index (κ2) is 6.90. The van der Waals surface area contributed by atoms with Gasteiger partial charge in [-0.1, -0.05) is 32.4 Å². The Morgan fingerprint density at radius 1 is 1.19 bits per heavy atom. The summed E-state index contributed by atoms with van der Waals surface area (Å²) in [5.41, 5.74) is 2.27. The highest BCUT2D eigenvalue weighted by atomic mass is 16.4. The van der Waals surface area contributed by atoms with Crippen LogP contribution in [0.3, 0.4) is 0 Å². The van der Waals surface area contributed by atoms with Gasteiger partial charge in [0.2, 0.25) is 0 Å². The lowest BCUT2D eigenvalue weighted by Crippen LogP contribution is -2.50. The van der Waals surface area contributed by atoms with Crippen LogP contribution in [0.1, 0.15) is 85.0 Å². The lowest BCUT2D eigenvalue weighted by molar-refractivity contribution is -0.137. The maximum absolute atomic E-state index is 11.0. The maximum atomic E-state index is 11.0. The van der Waals surface area contributed by atoms with Gasteiger partial charge in [-0.15, -0.1) is 0 Å². The van der Waals surface area contributed by atoms with Gasteiger partial charge >= 0.3 is 5.97 Å². The first kappa shape index (κ1) is 19.5. The second-order valence-electron chi connectivity index (χ2n) is 10.8. The largest absolute Gasteiger partial charge is 0.481 e. The van der Waals surface area contributed by atoms with Gasteiger partial charge in [0.1, 0.15) is 0 Å². The Balaban J connectivity index is 1.54. The van der Waals surface area contributed by atoms with Crippen LogP contribution in [-0.2, 0) is 4.79 Å². The van der Waals surface area contributed by atoms with Gasteiger partial charge in [-0.25, -0.2) is 0 Å². The van der Waals surface area contributed by atoms with E-state index in [0.717, 1.165) is 43.4 Å². The predicted molar refractivity (Wildman–Crippen MR) is 107 cm³/mol. The Bertz CT molecular complexity index is 625. The van der Waals surface area contributed by atoms with Gasteiger partial charge in [-0.3, -0.25) is 4.79 Å². The van der Waals surface area contributed by atoms with Crippen LogP contribution in [-0.4, -0.2) is 22.3 Å². The number of allylic oxidation sites excluding steroid dienone is 1. The van der Waals surface area contributed by atoms with Crippen LogP contribution in [0.25, 0.3) is 0 Å². The van der Waals surface area contributed by atoms with E-state index in [1.165, 1.54) is 32.1 Å². The fraction of sp³-hybridized carbons (Fsp3) is 0.875. The molecule has 0 aromatic heterocycles. The molecule has 0 radical (unpaired) electrons. The summed E-state index contributed by atoms with van der Waals surface area (Å²) in [6.07, 6.45) is 13.0. The standard InChI is InChI=1S/C24H38O3/c1-15(4-9-22(26)27)19-7-8-20-18-6-5-16-14-17(25)10-12-23(16,2)21(18)11-13-24(19,20)3/h5,15,17-21,25H,4,6-14H2,1-3H3,(H,26,27)/t15?,17?,18?,19?,20?,21?,23-,24+/m0/s1. The first-order valence-corrected chi connectivity index (χ1v) is 11.3. The monoisotopic (exact) mass is 374 g/mol. The third kappa shape index (κ3) is 3.09. The molecule has 0 heterocycles. The maximum Gasteiger partial charge on any atom is 0.303 e. The minimum atomic E-state index is -0.650. The lowest BCUT2D eigenvalue weighted by atomic mass is 9.47. The van der Waals surface area contributed by atoms with Crippen LogP contribution in [0.5, 0.6) is 0 Å². The first-order chi connectivity index (χ1) is 12.8. The highest BCUT2D eigenvalue weighted by molar-refractivity contribution is 5.66. The average Bonchev–Trinajstić information content (AvgIpc) is 2.97. The van der Waals surface area contributed by atoms with Crippen LogP contribution >= 0.6 is 0 Å². The molecule has 4 aliphatic rings. The Hall–Kier alpha value is -0.830. The number of rotatable bonds is 4. The molecule has 0 aliphatic heterocycles. The number of carboxylic acids is 1. The van der Waals surface area contributed by atoms with Gasteiger partial charge in [0.25, 0.3) is 0 Å². The van der Waals surface area contributed by atoms with Crippen molar-refractivity contribution in [3.8, 4) is 0 Å². The van der Waals surface area contributed by atoms with E-state index in [2.05, 4.69) is 26.8 Å². The van der Waals surface area contributed by atoms with Crippen molar-refractivity contribution in [1.29, 1.82) is 0 Å². The van der Waals surface area contributed by atoms with Crippen molar-refractivity contribution in [1.82, 2.24) is 0 Å². The molecule has 152 valence electrons. The second-order valence-corrected chi connectivity index (χ2v) is 10.8. The molecule has 3 saturated carbocycles. The Morgan fingerprint density at radius 3 is 2.70 bits per heavy atom. The van der Waals surface area contributed by atoms with Crippen LogP contribution in [0, 0.1) is 40.4 Å². The Morgan fingerprint density at radius 2 is 1.96 bits per heavy atom. The number of fused-ring (bicyclic) bond motifs is 5. The summed E-state index contributed by atoms with van der Waals surface area (Å²) in [5.74, 6) is 2.94. The van der Waals surface area contributed by atoms with E-state index in [0.29, 0.717) is 29.1 Å². The predicted octanol–water partition coefficient (Wildman–Crippen LogP) is 5.43. The van der Waals surface area contributed by atoms with Gasteiger partial charge in [-0.05, 0) is 98.2 Å². The summed E-state index contributed by atoms with van der Waals surface area (Å²) in [5, 5.41) is 19.2. The molecular formula is C24H38O3. The molecule has 4 rings (SSSR count). The Labute approximate surface area is 164 Å². The van der Waals surface area contributed by atoms with Gasteiger partial charge in [0.15, 0.2) is 0 Å². The molecule has 3 nitrogen and oxygen atoms in total. The van der Waals surface area contributed by atoms with Crippen molar-refractivity contribution in [3.63, 3.8) is 0 Å². The van der Waals surface area contributed by atoms with E-state index < -0.39 is 5.97 Å². The third-order valence-corrected chi connectivity index (χ3v) is 9.65. The van der Waals surface area contributed by atoms with E-state index in [-0.39, 0.29) is 6.10 Å². The van der Waals surface area contributed by atoms with Crippen LogP contribution in [0.2, 0.25) is 0 Å². The topological polar surface area (TPSA) is 57.5 Å². The van der Waals surface area contributed by atoms with Gasteiger partial charge in [0, 0.05) is 6.42 Å². The number of hydrogen-bond donors (Lipinski definition) is 2. The first-order valence-electron chi connectivity index (χ1n) is 11.3. The van der Waals surface area contributed by atoms with Crippen molar-refractivity contribution in [2.24, 2.45) is 40.4 Å². The molecule has 27 heavy (non-hydrogen) atoms. The SMILES string of the molecule is CC(CCC(=O)O)C1CCC2C3CC=C4CC(O)CC[C@]4(C)C3CC[C@]12C. The van der Waals surface area contributed by atoms with Crippen molar-refractivity contribution in [2.45, 2.75) is 91.1 Å². The summed E-state index contributed by atoms with van der Waals surface area (Å²) >= 11 is 0. The number of hydrogen-bond acceptors (Lipinski definition) is 2. The zero-order valence-electron chi connectivity index (χ0n) is 17.4. The van der Waals surface area contributed by atoms with Crippen molar-refractivity contribution >= 4 is 5.97 Å². The summed E-state index contributed by atoms with van der Waals surface area (Å²) in [4.78, 5) is 11.0. The highest BCUT2D eigenvalue weighted by Crippen LogP contribution is 2.67. The molecule has 8 atom stereocenters. The van der Waals surface area contributed by atoms with Crippen molar-refractivity contribution < 1.29 is 15.0 Å². The summed E-state index contributed by atoms with van der Waals surface area (Å²) in [7, 11) is 0. The number of carbonyl (C=O) groups is 1. The minimum Gasteiger partial charge on any atom is -0.481 e. The molecule has 0 amide bonds. The molecule has 6 unspecified atom stereocenters. The zero-order valence-corrected chi connectivity index (χ0v) is 17.4. The quantitative estimate of drug-likeness (QED) is 0.645. The van der Waals surface area contributed by atoms with E-state index in [1.54, 1.807) is 5.57 Å². The number of aliphatic hydroxyl groups excluding tert-OH is 1. The molecule has 0 bridgehead atoms. The molecule has 0 spiro atoms. The zero-order chi connectivity index (χ0) is 19.4. The summed E-state index contributed by atoms with van der Waals surface area (Å²) in [6, 6.07) is 0. The molecule has 3 fully saturated rings. The smallest absolute Gasteiger partial charge is 0.303 e. The van der Waals surface area contributed by atoms with Crippen LogP contribution in [0.15, 0.2) is 11.6 Å². The third-order valence-electron chi connectivity index (χ3n) is 9.65. The molecule has 2 N–H and O–H groups in total. The number of carboxylic acid groups (broad SMARTS) is 1. The van der Waals surface area contributed by atoms with E-state index in [9.17, 15) is 9.90 Å². The van der Waals surface area contributed by atoms with E-state index in [1.807, 2.05) is 0 Å². The molecule has 0 aromatic carbocycles. The van der Waals surface area contributed by atoms with Gasteiger partial charge in [0.05, 0.1) is 6.10 Å². The number of aliphatic carboxylic acids is 1. The Kier molecular flexibility index (Phi) is 4.98. The highest BCUT2D eigenvalue weighted by Gasteiger charge is 2.59. The normalized spacial score (nSPS) is 47.4. The summed E-state index contributed by atoms with van der Waals surface area (Å²) < 4.78 is 0. The summed E-state index contributed by atoms with van der Waals surface area (Å²) in [6.45, 7) is 7.33. The van der Waals surface area contributed by atoms with Gasteiger partial charge in [-0.2, -0.15) is 0 Å². The van der Waals surface area contributed by atoms with E-state index in [4.69, 9.17) is 5.11 Å². The fourth-order valence-electron chi connectivity index (χ4n) is 8.17. The fourth-order valence-corrected chi connectivity index (χ4v) is 8.17. The molecular weight excluding hydrogens is 336 g/mol. The van der Waals surface area contributed by atoms with Crippen molar-refractivity contribution in [3.05, 3.63) is 11.6 Å². The molecule has 4 aliphatic carbocycles. The van der Waals surface area contributed by atoms with Crippen LogP contribution in [0.4, 0.5) is 0 Å². The molecule has 0 saturated heterocycles. The average molecular weight is 375 g/mol.